The molecule has 0 saturated carbocycles. The quantitative estimate of drug-likeness (QED) is 0.792. The zero-order valence-corrected chi connectivity index (χ0v) is 12.0. The van der Waals surface area contributed by atoms with E-state index in [1.165, 1.54) is 17.8 Å². The lowest BCUT2D eigenvalue weighted by molar-refractivity contribution is 0.399. The van der Waals surface area contributed by atoms with Gasteiger partial charge in [-0.15, -0.1) is 0 Å². The van der Waals surface area contributed by atoms with E-state index in [1.807, 2.05) is 12.1 Å². The van der Waals surface area contributed by atoms with Crippen molar-refractivity contribution < 1.29 is 4.74 Å². The Hall–Kier alpha value is -1.74. The first-order valence-corrected chi connectivity index (χ1v) is 6.66. The van der Waals surface area contributed by atoms with E-state index in [0.29, 0.717) is 0 Å². The minimum absolute atomic E-state index is 0.894. The maximum Gasteiger partial charge on any atom is 0.119 e. The fourth-order valence-electron chi connectivity index (χ4n) is 2.19. The molecular weight excluding hydrogens is 236 g/mol. The van der Waals surface area contributed by atoms with Gasteiger partial charge in [-0.2, -0.15) is 0 Å². The number of hydrogen-bond acceptors (Lipinski definition) is 2. The SMILES string of the molecule is COc1ccc(-n2cccc2CCCN(C)C)cc1. The summed E-state index contributed by atoms with van der Waals surface area (Å²) < 4.78 is 7.44. The number of hydrogen-bond donors (Lipinski definition) is 0. The molecule has 0 N–H and O–H groups in total. The molecule has 19 heavy (non-hydrogen) atoms. The number of ether oxygens (including phenoxy) is 1. The third kappa shape index (κ3) is 3.61. The lowest BCUT2D eigenvalue weighted by Gasteiger charge is -2.12. The Kier molecular flexibility index (Phi) is 4.63. The molecular formula is C16H22N2O. The van der Waals surface area contributed by atoms with Crippen LogP contribution in [0.2, 0.25) is 0 Å². The predicted octanol–water partition coefficient (Wildman–Crippen LogP) is 2.98. The van der Waals surface area contributed by atoms with Crippen molar-refractivity contribution in [3.05, 3.63) is 48.3 Å². The average molecular weight is 258 g/mol. The second-order valence-corrected chi connectivity index (χ2v) is 4.97. The standard InChI is InChI=1S/C16H22N2O/c1-17(2)12-4-6-14-7-5-13-18(14)15-8-10-16(19-3)11-9-15/h5,7-11,13H,4,6,12H2,1-3H3. The van der Waals surface area contributed by atoms with Gasteiger partial charge in [0.15, 0.2) is 0 Å². The van der Waals surface area contributed by atoms with E-state index in [4.69, 9.17) is 4.74 Å². The van der Waals surface area contributed by atoms with Crippen LogP contribution in [-0.4, -0.2) is 37.2 Å². The smallest absolute Gasteiger partial charge is 0.119 e. The first-order valence-electron chi connectivity index (χ1n) is 6.66. The van der Waals surface area contributed by atoms with E-state index in [9.17, 15) is 0 Å². The fraction of sp³-hybridized carbons (Fsp3) is 0.375. The molecule has 0 aliphatic carbocycles. The summed E-state index contributed by atoms with van der Waals surface area (Å²) in [6.07, 6.45) is 4.39. The summed E-state index contributed by atoms with van der Waals surface area (Å²) >= 11 is 0. The molecule has 2 aromatic rings. The third-order valence-corrected chi connectivity index (χ3v) is 3.22. The highest BCUT2D eigenvalue weighted by Gasteiger charge is 2.04. The van der Waals surface area contributed by atoms with Gasteiger partial charge in [0.2, 0.25) is 0 Å². The van der Waals surface area contributed by atoms with Crippen LogP contribution in [0.3, 0.4) is 0 Å². The van der Waals surface area contributed by atoms with Crippen LogP contribution in [-0.2, 0) is 6.42 Å². The lowest BCUT2D eigenvalue weighted by atomic mass is 10.2. The molecule has 1 aromatic carbocycles. The number of aromatic nitrogens is 1. The normalized spacial score (nSPS) is 10.9. The van der Waals surface area contributed by atoms with Gasteiger partial charge in [-0.3, -0.25) is 0 Å². The minimum atomic E-state index is 0.894. The summed E-state index contributed by atoms with van der Waals surface area (Å²) in [5, 5.41) is 0. The van der Waals surface area contributed by atoms with Gasteiger partial charge in [0.05, 0.1) is 7.11 Å². The van der Waals surface area contributed by atoms with Crippen LogP contribution in [0.15, 0.2) is 42.6 Å². The van der Waals surface area contributed by atoms with Crippen molar-refractivity contribution in [2.24, 2.45) is 0 Å². The lowest BCUT2D eigenvalue weighted by Crippen LogP contribution is -2.14. The van der Waals surface area contributed by atoms with Crippen LogP contribution < -0.4 is 4.74 Å². The number of methoxy groups -OCH3 is 1. The van der Waals surface area contributed by atoms with Crippen LogP contribution >= 0.6 is 0 Å². The minimum Gasteiger partial charge on any atom is -0.497 e. The first kappa shape index (κ1) is 13.7. The Balaban J connectivity index is 2.09. The molecule has 0 amide bonds. The van der Waals surface area contributed by atoms with Crippen molar-refractivity contribution in [2.75, 3.05) is 27.7 Å². The van der Waals surface area contributed by atoms with Gasteiger partial charge in [0.1, 0.15) is 5.75 Å². The molecule has 0 atom stereocenters. The first-order chi connectivity index (χ1) is 9.20. The fourth-order valence-corrected chi connectivity index (χ4v) is 2.19. The third-order valence-electron chi connectivity index (χ3n) is 3.22. The molecule has 0 aliphatic rings. The van der Waals surface area contributed by atoms with Gasteiger partial charge in [0.25, 0.3) is 0 Å². The van der Waals surface area contributed by atoms with Crippen LogP contribution in [0.4, 0.5) is 0 Å². The molecule has 0 fully saturated rings. The molecule has 0 unspecified atom stereocenters. The molecule has 102 valence electrons. The molecule has 0 radical (unpaired) electrons. The number of benzene rings is 1. The van der Waals surface area contributed by atoms with Crippen LogP contribution in [0, 0.1) is 0 Å². The monoisotopic (exact) mass is 258 g/mol. The number of aryl methyl sites for hydroxylation is 1. The van der Waals surface area contributed by atoms with E-state index in [1.54, 1.807) is 7.11 Å². The topological polar surface area (TPSA) is 17.4 Å². The highest BCUT2D eigenvalue weighted by molar-refractivity contribution is 5.39. The largest absolute Gasteiger partial charge is 0.497 e. The summed E-state index contributed by atoms with van der Waals surface area (Å²) in [7, 11) is 5.92. The molecule has 2 rings (SSSR count). The van der Waals surface area contributed by atoms with E-state index in [0.717, 1.165) is 18.7 Å². The van der Waals surface area contributed by atoms with Crippen molar-refractivity contribution in [2.45, 2.75) is 12.8 Å². The molecule has 1 aromatic heterocycles. The Labute approximate surface area is 115 Å². The Morgan fingerprint density at radius 2 is 1.84 bits per heavy atom. The van der Waals surface area contributed by atoms with E-state index < -0.39 is 0 Å². The van der Waals surface area contributed by atoms with Crippen molar-refractivity contribution in [1.82, 2.24) is 9.47 Å². The second kappa shape index (κ2) is 6.43. The van der Waals surface area contributed by atoms with E-state index >= 15 is 0 Å². The molecule has 3 heteroatoms. The van der Waals surface area contributed by atoms with Crippen molar-refractivity contribution in [3.63, 3.8) is 0 Å². The summed E-state index contributed by atoms with van der Waals surface area (Å²) in [6, 6.07) is 12.5. The van der Waals surface area contributed by atoms with Gasteiger partial charge in [-0.05, 0) is 69.9 Å². The predicted molar refractivity (Wildman–Crippen MR) is 79.2 cm³/mol. The summed E-state index contributed by atoms with van der Waals surface area (Å²) in [4.78, 5) is 2.22. The van der Waals surface area contributed by atoms with Crippen LogP contribution in [0.5, 0.6) is 5.75 Å². The van der Waals surface area contributed by atoms with Crippen LogP contribution in [0.1, 0.15) is 12.1 Å². The molecule has 3 nitrogen and oxygen atoms in total. The Morgan fingerprint density at radius 3 is 2.47 bits per heavy atom. The number of rotatable bonds is 6. The van der Waals surface area contributed by atoms with Gasteiger partial charge in [0, 0.05) is 17.6 Å². The van der Waals surface area contributed by atoms with Gasteiger partial charge < -0.3 is 14.2 Å². The van der Waals surface area contributed by atoms with Crippen molar-refractivity contribution >= 4 is 0 Å². The maximum absolute atomic E-state index is 5.19. The van der Waals surface area contributed by atoms with Gasteiger partial charge in [-0.1, -0.05) is 0 Å². The zero-order valence-electron chi connectivity index (χ0n) is 12.0. The van der Waals surface area contributed by atoms with E-state index in [2.05, 4.69) is 54.0 Å². The second-order valence-electron chi connectivity index (χ2n) is 4.97. The van der Waals surface area contributed by atoms with Crippen molar-refractivity contribution in [1.29, 1.82) is 0 Å². The molecule has 1 heterocycles. The average Bonchev–Trinajstić information content (AvgIpc) is 2.87. The highest BCUT2D eigenvalue weighted by atomic mass is 16.5. The van der Waals surface area contributed by atoms with E-state index in [-0.39, 0.29) is 0 Å². The molecule has 0 bridgehead atoms. The van der Waals surface area contributed by atoms with Gasteiger partial charge in [-0.25, -0.2) is 0 Å². The Morgan fingerprint density at radius 1 is 1.11 bits per heavy atom. The zero-order chi connectivity index (χ0) is 13.7. The van der Waals surface area contributed by atoms with Crippen molar-refractivity contribution in [3.8, 4) is 11.4 Å². The molecule has 0 saturated heterocycles. The molecule has 0 spiro atoms. The molecule has 0 aliphatic heterocycles. The summed E-state index contributed by atoms with van der Waals surface area (Å²) in [5.41, 5.74) is 2.54. The van der Waals surface area contributed by atoms with Gasteiger partial charge >= 0.3 is 0 Å². The number of nitrogens with zero attached hydrogens (tertiary/aromatic N) is 2. The highest BCUT2D eigenvalue weighted by Crippen LogP contribution is 2.18. The van der Waals surface area contributed by atoms with Crippen LogP contribution in [0.25, 0.3) is 5.69 Å². The summed E-state index contributed by atoms with van der Waals surface area (Å²) in [5.74, 6) is 0.894. The summed E-state index contributed by atoms with van der Waals surface area (Å²) in [6.45, 7) is 1.12. The Bertz CT molecular complexity index is 500. The maximum atomic E-state index is 5.19.